The van der Waals surface area contributed by atoms with E-state index in [4.69, 9.17) is 15.0 Å². The molecule has 0 spiro atoms. The van der Waals surface area contributed by atoms with Crippen LogP contribution in [0.25, 0.3) is 260 Å². The molecule has 6 heteroatoms. The van der Waals surface area contributed by atoms with E-state index in [1.807, 2.05) is 6.07 Å². The summed E-state index contributed by atoms with van der Waals surface area (Å²) in [4.78, 5) is 14.8. The molecule has 0 N–H and O–H groups in total. The van der Waals surface area contributed by atoms with Crippen molar-refractivity contribution in [1.82, 2.24) is 28.7 Å². The number of aromatic nitrogens is 6. The van der Waals surface area contributed by atoms with Crippen molar-refractivity contribution >= 4 is 87.0 Å². The van der Waals surface area contributed by atoms with Gasteiger partial charge in [-0.25, -0.2) is 15.0 Å². The molecule has 0 fully saturated rings. The molecular formula is C128H84N6. The molecule has 0 bridgehead atoms. The van der Waals surface area contributed by atoms with Gasteiger partial charge in [-0.05, 0) is 309 Å². The molecule has 28 rings (SSSR count). The largest absolute Gasteiger partial charge is 0.297 e. The molecule has 3 aromatic heterocycles. The predicted octanol–water partition coefficient (Wildman–Crippen LogP) is 34.0. The summed E-state index contributed by atoms with van der Waals surface area (Å²) in [5.41, 5.74) is 44.0. The first-order chi connectivity index (χ1) is 66.3. The highest BCUT2D eigenvalue weighted by atomic mass is 15.1. The van der Waals surface area contributed by atoms with Crippen molar-refractivity contribution in [2.75, 3.05) is 0 Å². The van der Waals surface area contributed by atoms with Gasteiger partial charge in [-0.1, -0.05) is 365 Å². The number of rotatable bonds is 12. The summed E-state index contributed by atoms with van der Waals surface area (Å²) in [6.07, 6.45) is 0.878. The van der Waals surface area contributed by atoms with Crippen molar-refractivity contribution < 1.29 is 0 Å². The van der Waals surface area contributed by atoms with Crippen LogP contribution in [0.1, 0.15) is 18.6 Å². The number of nitrogens with zero attached hydrogens (tertiary/aromatic N) is 6. The van der Waals surface area contributed by atoms with Crippen LogP contribution in [0, 0.1) is 6.92 Å². The maximum absolute atomic E-state index is 5.11. The Morgan fingerprint density at radius 3 is 0.963 bits per heavy atom. The molecule has 0 radical (unpaired) electrons. The molecule has 0 saturated carbocycles. The molecule has 0 saturated heterocycles. The second-order valence-electron chi connectivity index (χ2n) is 35.5. The third-order valence-electron chi connectivity index (χ3n) is 27.9. The van der Waals surface area contributed by atoms with Crippen LogP contribution < -0.4 is 0 Å². The monoisotopic (exact) mass is 1700 g/mol. The van der Waals surface area contributed by atoms with E-state index in [1.54, 1.807) is 0 Å². The maximum Gasteiger partial charge on any atom is 0.145 e. The number of hydrogen-bond acceptors (Lipinski definition) is 3. The van der Waals surface area contributed by atoms with Crippen LogP contribution in [-0.4, -0.2) is 28.7 Å². The fourth-order valence-electron chi connectivity index (χ4n) is 21.7. The zero-order valence-electron chi connectivity index (χ0n) is 73.8. The average molecular weight is 1710 g/mol. The third kappa shape index (κ3) is 13.0. The Morgan fingerprint density at radius 2 is 0.485 bits per heavy atom. The summed E-state index contributed by atoms with van der Waals surface area (Å²) in [7, 11) is 0. The minimum absolute atomic E-state index is 0.878. The second-order valence-corrected chi connectivity index (χ2v) is 35.5. The van der Waals surface area contributed by atoms with Gasteiger partial charge in [0.1, 0.15) is 17.5 Å². The quantitative estimate of drug-likeness (QED) is 0.122. The standard InChI is InChI=1S/C47H30N2.C41H28N2.C40H26N2/c1-2-10-31(11-3-1)32-20-22-34(23-21-32)47-48-44-18-6-7-19-45(44)49(47)37-26-24-33(25-27-37)35-12-8-13-36(30-35)38-28-29-43-40-15-5-4-14-39(40)42-17-9-16-41(38)46(42)43;1-2-40-42-38-15-5-6-16-39(38)43(40)31-10-7-9-26(25-31)27-17-18-29-24-30(20-19-28(29)23-27)32-21-22-37-34-12-4-3-11-33(34)36-14-8-13-35(32)41(36)37;1-25-41-38-14-4-5-15-39(38)42(25)31-9-6-8-26(24-31)27-16-17-29-23-30(19-18-28(29)22-27)32-20-21-37-34-11-3-2-10-33(34)36-13-7-12-35(32)40(36)37/h1-30H;3-25H,2H2,1H3;2-24H,1H3. The maximum atomic E-state index is 5.11. The van der Waals surface area contributed by atoms with Crippen molar-refractivity contribution in [2.45, 2.75) is 20.3 Å². The minimum Gasteiger partial charge on any atom is -0.297 e. The van der Waals surface area contributed by atoms with Gasteiger partial charge in [0.25, 0.3) is 0 Å². The molecule has 0 unspecified atom stereocenters. The van der Waals surface area contributed by atoms with Crippen molar-refractivity contribution in [3.8, 4) is 173 Å². The first-order valence-corrected chi connectivity index (χ1v) is 46.3. The number of para-hydroxylation sites is 6. The van der Waals surface area contributed by atoms with Crippen LogP contribution in [0.15, 0.2) is 461 Å². The third-order valence-corrected chi connectivity index (χ3v) is 27.9. The number of benzene rings is 22. The highest BCUT2D eigenvalue weighted by molar-refractivity contribution is 6.22. The van der Waals surface area contributed by atoms with Crippen molar-refractivity contribution in [3.05, 3.63) is 473 Å². The van der Waals surface area contributed by atoms with Crippen molar-refractivity contribution in [3.63, 3.8) is 0 Å². The summed E-state index contributed by atoms with van der Waals surface area (Å²) in [6.45, 7) is 4.24. The fraction of sp³-hybridized carbons (Fsp3) is 0.0234. The van der Waals surface area contributed by atoms with E-state index in [2.05, 4.69) is 483 Å². The zero-order chi connectivity index (χ0) is 88.6. The van der Waals surface area contributed by atoms with Crippen LogP contribution in [0.3, 0.4) is 0 Å². The van der Waals surface area contributed by atoms with Crippen LogP contribution in [-0.2, 0) is 6.42 Å². The van der Waals surface area contributed by atoms with Crippen LogP contribution in [0.2, 0.25) is 0 Å². The van der Waals surface area contributed by atoms with E-state index < -0.39 is 0 Å². The lowest BCUT2D eigenvalue weighted by Gasteiger charge is -2.13. The Bertz CT molecular complexity index is 9030. The molecule has 6 nitrogen and oxygen atoms in total. The number of aryl methyl sites for hydroxylation is 2. The zero-order valence-corrected chi connectivity index (χ0v) is 73.8. The molecule has 3 heterocycles. The Kier molecular flexibility index (Phi) is 18.4. The SMILES string of the molecule is CCc1nc2ccccc2n1-c1cccc(-c2ccc3cc(-c4ccc5c6c(cccc46)-c4ccccc4-5)ccc3c2)c1.Cc1nc2ccccc2n1-c1cccc(-c2ccc3cc(-c4ccc5c6c(cccc46)-c4ccccc4-5)ccc3c2)c1.c1ccc(-c2ccc(-c3nc4ccccc4n3-c3ccc(-c4cccc(-c5ccc6c7c(cccc57)-c5ccccc5-6)c4)cc3)cc2)cc1. The smallest absolute Gasteiger partial charge is 0.145 e. The summed E-state index contributed by atoms with van der Waals surface area (Å²) in [5, 5.41) is 13.0. The van der Waals surface area contributed by atoms with Crippen LogP contribution in [0.4, 0.5) is 0 Å². The van der Waals surface area contributed by atoms with Crippen molar-refractivity contribution in [2.24, 2.45) is 0 Å². The Hall–Kier alpha value is -17.5. The van der Waals surface area contributed by atoms with Gasteiger partial charge in [0.15, 0.2) is 0 Å². The van der Waals surface area contributed by atoms with E-state index in [-0.39, 0.29) is 0 Å². The molecule has 22 aromatic carbocycles. The Labute approximate surface area is 776 Å². The topological polar surface area (TPSA) is 53.5 Å². The normalized spacial score (nSPS) is 11.8. The molecule has 0 atom stereocenters. The molecule has 25 aromatic rings. The lowest BCUT2D eigenvalue weighted by molar-refractivity contribution is 0.908. The van der Waals surface area contributed by atoms with Gasteiger partial charge in [0, 0.05) is 29.0 Å². The van der Waals surface area contributed by atoms with Gasteiger partial charge in [0.2, 0.25) is 0 Å². The van der Waals surface area contributed by atoms with Gasteiger partial charge >= 0.3 is 0 Å². The van der Waals surface area contributed by atoms with E-state index in [0.717, 1.165) is 79.6 Å². The molecule has 0 amide bonds. The lowest BCUT2D eigenvalue weighted by Crippen LogP contribution is -2.00. The average Bonchev–Trinajstić information content (AvgIpc) is 1.56. The highest BCUT2D eigenvalue weighted by Crippen LogP contribution is 2.54. The summed E-state index contributed by atoms with van der Waals surface area (Å²) in [5.74, 6) is 3.01. The van der Waals surface area contributed by atoms with Crippen LogP contribution >= 0.6 is 0 Å². The molecule has 134 heavy (non-hydrogen) atoms. The predicted molar refractivity (Wildman–Crippen MR) is 562 cm³/mol. The molecular weight excluding hydrogens is 1620 g/mol. The number of fused-ring (bicyclic) bond motifs is 14. The van der Waals surface area contributed by atoms with E-state index in [9.17, 15) is 0 Å². The second kappa shape index (κ2) is 31.7. The van der Waals surface area contributed by atoms with Gasteiger partial charge in [-0.15, -0.1) is 0 Å². The van der Waals surface area contributed by atoms with Gasteiger partial charge in [0.05, 0.1) is 33.1 Å². The number of hydrogen-bond donors (Lipinski definition) is 0. The molecule has 3 aliphatic carbocycles. The van der Waals surface area contributed by atoms with Crippen molar-refractivity contribution in [1.29, 1.82) is 0 Å². The summed E-state index contributed by atoms with van der Waals surface area (Å²) < 4.78 is 6.81. The van der Waals surface area contributed by atoms with Gasteiger partial charge < -0.3 is 0 Å². The van der Waals surface area contributed by atoms with Gasteiger partial charge in [-0.3, -0.25) is 13.7 Å². The van der Waals surface area contributed by atoms with Crippen LogP contribution in [0.5, 0.6) is 0 Å². The lowest BCUT2D eigenvalue weighted by atomic mass is 9.92. The number of imidazole rings is 3. The van der Waals surface area contributed by atoms with E-state index >= 15 is 0 Å². The Morgan fingerprint density at radius 1 is 0.187 bits per heavy atom. The first kappa shape index (κ1) is 77.7. The first-order valence-electron chi connectivity index (χ1n) is 46.3. The molecule has 626 valence electrons. The van der Waals surface area contributed by atoms with Gasteiger partial charge in [-0.2, -0.15) is 0 Å². The summed E-state index contributed by atoms with van der Waals surface area (Å²) in [6, 6.07) is 167. The van der Waals surface area contributed by atoms with E-state index in [1.165, 1.54) is 199 Å². The molecule has 3 aliphatic rings. The highest BCUT2D eigenvalue weighted by Gasteiger charge is 2.28. The summed E-state index contributed by atoms with van der Waals surface area (Å²) >= 11 is 0. The fourth-order valence-corrected chi connectivity index (χ4v) is 21.7. The van der Waals surface area contributed by atoms with E-state index in [0.29, 0.717) is 0 Å². The minimum atomic E-state index is 0.878. The Balaban J connectivity index is 0.000000105. The molecule has 0 aliphatic heterocycles.